The molecule has 0 spiro atoms. The van der Waals surface area contributed by atoms with E-state index in [2.05, 4.69) is 45.4 Å². The highest BCUT2D eigenvalue weighted by Gasteiger charge is 2.17. The van der Waals surface area contributed by atoms with Gasteiger partial charge in [-0.25, -0.2) is 9.97 Å². The molecule has 0 radical (unpaired) electrons. The fourth-order valence-corrected chi connectivity index (χ4v) is 2.58. The molecule has 2 aromatic heterocycles. The number of nitrogens with one attached hydrogen (secondary N) is 1. The number of nitrogens with zero attached hydrogens (tertiary/aromatic N) is 3. The van der Waals surface area contributed by atoms with Crippen molar-refractivity contribution in [2.24, 2.45) is 0 Å². The van der Waals surface area contributed by atoms with Crippen molar-refractivity contribution < 1.29 is 0 Å². The molecule has 106 valence electrons. The van der Waals surface area contributed by atoms with Gasteiger partial charge in [0, 0.05) is 29.5 Å². The molecule has 3 rings (SSSR count). The molecule has 0 fully saturated rings. The average molecular weight is 278 g/mol. The summed E-state index contributed by atoms with van der Waals surface area (Å²) >= 11 is 0. The topological polar surface area (TPSA) is 50.7 Å². The Bertz CT molecular complexity index is 749. The molecule has 0 saturated heterocycles. The zero-order valence-electron chi connectivity index (χ0n) is 12.2. The minimum atomic E-state index is 0.0234. The predicted molar refractivity (Wildman–Crippen MR) is 84.0 cm³/mol. The molecule has 1 atom stereocenters. The summed E-state index contributed by atoms with van der Waals surface area (Å²) in [7, 11) is 0. The van der Waals surface area contributed by atoms with Crippen molar-refractivity contribution >= 4 is 10.8 Å². The van der Waals surface area contributed by atoms with Crippen LogP contribution in [-0.2, 0) is 0 Å². The normalized spacial score (nSPS) is 12.5. The minimum Gasteiger partial charge on any atom is -0.305 e. The van der Waals surface area contributed by atoms with Crippen LogP contribution in [0.4, 0.5) is 0 Å². The Kier molecular flexibility index (Phi) is 3.88. The third-order valence-corrected chi connectivity index (χ3v) is 3.51. The number of aromatic nitrogens is 3. The van der Waals surface area contributed by atoms with E-state index in [4.69, 9.17) is 0 Å². The number of fused-ring (bicyclic) bond motifs is 1. The van der Waals surface area contributed by atoms with Crippen LogP contribution in [0.25, 0.3) is 10.8 Å². The first-order valence-electron chi connectivity index (χ1n) is 7.15. The lowest BCUT2D eigenvalue weighted by atomic mass is 9.99. The van der Waals surface area contributed by atoms with E-state index < -0.39 is 0 Å². The number of aryl methyl sites for hydroxylation is 1. The quantitative estimate of drug-likeness (QED) is 0.797. The maximum Gasteiger partial charge on any atom is 0.125 e. The Balaban J connectivity index is 2.16. The molecule has 0 aliphatic carbocycles. The second-order valence-electron chi connectivity index (χ2n) is 4.97. The summed E-state index contributed by atoms with van der Waals surface area (Å²) in [6.45, 7) is 4.87. The summed E-state index contributed by atoms with van der Waals surface area (Å²) in [6.07, 6.45) is 5.63. The summed E-state index contributed by atoms with van der Waals surface area (Å²) < 4.78 is 0. The first-order chi connectivity index (χ1) is 10.3. The first-order valence-corrected chi connectivity index (χ1v) is 7.15. The highest BCUT2D eigenvalue weighted by molar-refractivity contribution is 5.85. The minimum absolute atomic E-state index is 0.0234. The van der Waals surface area contributed by atoms with E-state index in [0.717, 1.165) is 29.0 Å². The van der Waals surface area contributed by atoms with Crippen molar-refractivity contribution in [3.8, 4) is 0 Å². The van der Waals surface area contributed by atoms with E-state index in [1.54, 1.807) is 6.20 Å². The zero-order chi connectivity index (χ0) is 14.7. The van der Waals surface area contributed by atoms with E-state index in [1.807, 2.05) is 31.5 Å². The van der Waals surface area contributed by atoms with Crippen molar-refractivity contribution in [1.29, 1.82) is 0 Å². The summed E-state index contributed by atoms with van der Waals surface area (Å²) in [4.78, 5) is 13.1. The van der Waals surface area contributed by atoms with Gasteiger partial charge in [0.05, 0.1) is 11.7 Å². The van der Waals surface area contributed by atoms with E-state index in [-0.39, 0.29) is 6.04 Å². The van der Waals surface area contributed by atoms with Gasteiger partial charge in [-0.2, -0.15) is 0 Å². The van der Waals surface area contributed by atoms with Crippen LogP contribution in [-0.4, -0.2) is 21.5 Å². The van der Waals surface area contributed by atoms with Gasteiger partial charge in [-0.15, -0.1) is 0 Å². The largest absolute Gasteiger partial charge is 0.305 e. The Morgan fingerprint density at radius 3 is 2.81 bits per heavy atom. The van der Waals surface area contributed by atoms with Crippen LogP contribution in [0.15, 0.2) is 48.9 Å². The van der Waals surface area contributed by atoms with Crippen molar-refractivity contribution in [3.63, 3.8) is 0 Å². The molecule has 1 unspecified atom stereocenters. The monoisotopic (exact) mass is 278 g/mol. The highest BCUT2D eigenvalue weighted by atomic mass is 15.0. The van der Waals surface area contributed by atoms with Crippen LogP contribution >= 0.6 is 0 Å². The van der Waals surface area contributed by atoms with Gasteiger partial charge < -0.3 is 5.32 Å². The molecule has 0 aliphatic heterocycles. The lowest BCUT2D eigenvalue weighted by Crippen LogP contribution is -2.23. The van der Waals surface area contributed by atoms with Crippen LogP contribution in [0.1, 0.15) is 30.0 Å². The standard InChI is InChI=1S/C17H18N4/c1-3-19-17(16-8-9-20-12(2)21-16)15-11-18-10-13-6-4-5-7-14(13)15/h4-11,17,19H,3H2,1-2H3. The molecule has 21 heavy (non-hydrogen) atoms. The Morgan fingerprint density at radius 2 is 2.00 bits per heavy atom. The van der Waals surface area contributed by atoms with E-state index in [9.17, 15) is 0 Å². The van der Waals surface area contributed by atoms with Crippen LogP contribution in [0, 0.1) is 6.92 Å². The molecule has 4 heteroatoms. The molecule has 0 amide bonds. The molecule has 0 bridgehead atoms. The Hall–Kier alpha value is -2.33. The summed E-state index contributed by atoms with van der Waals surface area (Å²) in [5.74, 6) is 0.781. The van der Waals surface area contributed by atoms with Crippen LogP contribution in [0.2, 0.25) is 0 Å². The van der Waals surface area contributed by atoms with Crippen molar-refractivity contribution in [3.05, 3.63) is 66.0 Å². The number of rotatable bonds is 4. The fraction of sp³-hybridized carbons (Fsp3) is 0.235. The van der Waals surface area contributed by atoms with Crippen LogP contribution in [0.5, 0.6) is 0 Å². The van der Waals surface area contributed by atoms with Crippen LogP contribution < -0.4 is 5.32 Å². The van der Waals surface area contributed by atoms with Gasteiger partial charge in [-0.3, -0.25) is 4.98 Å². The van der Waals surface area contributed by atoms with Gasteiger partial charge >= 0.3 is 0 Å². The molecule has 2 heterocycles. The molecule has 4 nitrogen and oxygen atoms in total. The van der Waals surface area contributed by atoms with Crippen LogP contribution in [0.3, 0.4) is 0 Å². The molecule has 0 aliphatic rings. The average Bonchev–Trinajstić information content (AvgIpc) is 2.52. The lowest BCUT2D eigenvalue weighted by molar-refractivity contribution is 0.613. The van der Waals surface area contributed by atoms with Gasteiger partial charge in [-0.05, 0) is 24.9 Å². The van der Waals surface area contributed by atoms with E-state index in [1.165, 1.54) is 5.39 Å². The van der Waals surface area contributed by atoms with Gasteiger partial charge in [0.25, 0.3) is 0 Å². The van der Waals surface area contributed by atoms with E-state index >= 15 is 0 Å². The van der Waals surface area contributed by atoms with Crippen molar-refractivity contribution in [2.45, 2.75) is 19.9 Å². The fourth-order valence-electron chi connectivity index (χ4n) is 2.58. The number of hydrogen-bond donors (Lipinski definition) is 1. The predicted octanol–water partition coefficient (Wildman–Crippen LogP) is 3.03. The molecule has 0 saturated carbocycles. The Labute approximate surface area is 124 Å². The molecular weight excluding hydrogens is 260 g/mol. The van der Waals surface area contributed by atoms with Gasteiger partial charge in [0.1, 0.15) is 5.82 Å². The van der Waals surface area contributed by atoms with Crippen molar-refractivity contribution in [1.82, 2.24) is 20.3 Å². The number of hydrogen-bond acceptors (Lipinski definition) is 4. The maximum absolute atomic E-state index is 4.57. The number of benzene rings is 1. The molecule has 1 aromatic carbocycles. The molecule has 1 N–H and O–H groups in total. The van der Waals surface area contributed by atoms with Gasteiger partial charge in [0.2, 0.25) is 0 Å². The summed E-state index contributed by atoms with van der Waals surface area (Å²) in [5.41, 5.74) is 2.12. The molecular formula is C17H18N4. The third-order valence-electron chi connectivity index (χ3n) is 3.51. The number of pyridine rings is 1. The first kappa shape index (κ1) is 13.6. The maximum atomic E-state index is 4.57. The Morgan fingerprint density at radius 1 is 1.14 bits per heavy atom. The summed E-state index contributed by atoms with van der Waals surface area (Å²) in [6, 6.07) is 10.3. The SMILES string of the molecule is CCNC(c1ccnc(C)n1)c1cncc2ccccc12. The lowest BCUT2D eigenvalue weighted by Gasteiger charge is -2.19. The van der Waals surface area contributed by atoms with E-state index in [0.29, 0.717) is 0 Å². The second-order valence-corrected chi connectivity index (χ2v) is 4.97. The zero-order valence-corrected chi connectivity index (χ0v) is 12.2. The third kappa shape index (κ3) is 2.76. The van der Waals surface area contributed by atoms with Crippen molar-refractivity contribution in [2.75, 3.05) is 6.54 Å². The summed E-state index contributed by atoms with van der Waals surface area (Å²) in [5, 5.41) is 5.85. The molecule has 3 aromatic rings. The van der Waals surface area contributed by atoms with Gasteiger partial charge in [-0.1, -0.05) is 31.2 Å². The highest BCUT2D eigenvalue weighted by Crippen LogP contribution is 2.27. The smallest absolute Gasteiger partial charge is 0.125 e. The second kappa shape index (κ2) is 5.97. The van der Waals surface area contributed by atoms with Gasteiger partial charge in [0.15, 0.2) is 0 Å².